The fourth-order valence-electron chi connectivity index (χ4n) is 2.12. The van der Waals surface area contributed by atoms with E-state index in [1.807, 2.05) is 18.2 Å². The van der Waals surface area contributed by atoms with Crippen molar-refractivity contribution in [1.82, 2.24) is 5.32 Å². The summed E-state index contributed by atoms with van der Waals surface area (Å²) in [4.78, 5) is 11.6. The third-order valence-electron chi connectivity index (χ3n) is 3.19. The van der Waals surface area contributed by atoms with Gasteiger partial charge in [0.1, 0.15) is 6.61 Å². The Labute approximate surface area is 124 Å². The van der Waals surface area contributed by atoms with Crippen LogP contribution in [0.2, 0.25) is 5.02 Å². The molecule has 1 aromatic rings. The number of rotatable bonds is 6. The topological polar surface area (TPSA) is 47.6 Å². The minimum atomic E-state index is -0.124. The number of halogens is 1. The molecule has 20 heavy (non-hydrogen) atoms. The molecule has 0 unspecified atom stereocenters. The highest BCUT2D eigenvalue weighted by Gasteiger charge is 2.14. The molecule has 0 radical (unpaired) electrons. The minimum Gasteiger partial charge on any atom is -0.376 e. The van der Waals surface area contributed by atoms with Gasteiger partial charge in [-0.1, -0.05) is 23.7 Å². The van der Waals surface area contributed by atoms with Crippen LogP contribution in [0.5, 0.6) is 0 Å². The summed E-state index contributed by atoms with van der Waals surface area (Å²) in [6.45, 7) is 1.82. The van der Waals surface area contributed by atoms with Gasteiger partial charge in [-0.3, -0.25) is 4.79 Å². The molecule has 1 saturated heterocycles. The Morgan fingerprint density at radius 3 is 3.10 bits per heavy atom. The second kappa shape index (κ2) is 8.25. The number of nitrogens with one attached hydrogen (secondary N) is 1. The van der Waals surface area contributed by atoms with Crippen molar-refractivity contribution in [3.05, 3.63) is 34.9 Å². The molecule has 5 heteroatoms. The van der Waals surface area contributed by atoms with Crippen LogP contribution in [-0.4, -0.2) is 31.8 Å². The van der Waals surface area contributed by atoms with Crippen molar-refractivity contribution in [2.45, 2.75) is 31.9 Å². The second-order valence-corrected chi connectivity index (χ2v) is 5.35. The van der Waals surface area contributed by atoms with E-state index in [0.717, 1.165) is 25.0 Å². The smallest absolute Gasteiger partial charge is 0.246 e. The molecule has 0 spiro atoms. The highest BCUT2D eigenvalue weighted by molar-refractivity contribution is 6.30. The molecule has 1 N–H and O–H groups in total. The highest BCUT2D eigenvalue weighted by Crippen LogP contribution is 2.12. The van der Waals surface area contributed by atoms with E-state index in [4.69, 9.17) is 21.1 Å². The first kappa shape index (κ1) is 15.3. The second-order valence-electron chi connectivity index (χ2n) is 4.91. The van der Waals surface area contributed by atoms with E-state index in [9.17, 15) is 4.79 Å². The maximum atomic E-state index is 11.6. The molecule has 110 valence electrons. The van der Waals surface area contributed by atoms with E-state index in [1.54, 1.807) is 6.07 Å². The molecule has 1 aliphatic rings. The lowest BCUT2D eigenvalue weighted by atomic mass is 10.1. The van der Waals surface area contributed by atoms with Crippen LogP contribution >= 0.6 is 11.6 Å². The molecule has 4 nitrogen and oxygen atoms in total. The van der Waals surface area contributed by atoms with Gasteiger partial charge in [0.15, 0.2) is 0 Å². The lowest BCUT2D eigenvalue weighted by molar-refractivity contribution is -0.128. The van der Waals surface area contributed by atoms with Crippen LogP contribution in [0.4, 0.5) is 0 Å². The molecule has 1 atom stereocenters. The SMILES string of the molecule is O=C(COC[C@@H]1CCCCO1)NCc1cccc(Cl)c1. The quantitative estimate of drug-likeness (QED) is 0.878. The first-order valence-corrected chi connectivity index (χ1v) is 7.32. The largest absolute Gasteiger partial charge is 0.376 e. The number of carbonyl (C=O) groups is 1. The lowest BCUT2D eigenvalue weighted by Crippen LogP contribution is -2.30. The fraction of sp³-hybridized carbons (Fsp3) is 0.533. The summed E-state index contributed by atoms with van der Waals surface area (Å²) in [6, 6.07) is 7.42. The monoisotopic (exact) mass is 297 g/mol. The van der Waals surface area contributed by atoms with E-state index >= 15 is 0 Å². The molecule has 0 aromatic heterocycles. The van der Waals surface area contributed by atoms with Crippen LogP contribution in [-0.2, 0) is 20.8 Å². The van der Waals surface area contributed by atoms with Gasteiger partial charge in [0.2, 0.25) is 5.91 Å². The van der Waals surface area contributed by atoms with Crippen LogP contribution in [0.15, 0.2) is 24.3 Å². The van der Waals surface area contributed by atoms with Gasteiger partial charge in [0, 0.05) is 18.2 Å². The van der Waals surface area contributed by atoms with Gasteiger partial charge < -0.3 is 14.8 Å². The molecular formula is C15H20ClNO3. The van der Waals surface area contributed by atoms with Gasteiger partial charge in [-0.2, -0.15) is 0 Å². The third-order valence-corrected chi connectivity index (χ3v) is 3.42. The van der Waals surface area contributed by atoms with E-state index in [2.05, 4.69) is 5.32 Å². The summed E-state index contributed by atoms with van der Waals surface area (Å²) in [7, 11) is 0. The van der Waals surface area contributed by atoms with Gasteiger partial charge in [-0.25, -0.2) is 0 Å². The van der Waals surface area contributed by atoms with Crippen molar-refractivity contribution in [2.24, 2.45) is 0 Å². The Balaban J connectivity index is 1.60. The fourth-order valence-corrected chi connectivity index (χ4v) is 2.33. The molecule has 1 aliphatic heterocycles. The first-order chi connectivity index (χ1) is 9.74. The van der Waals surface area contributed by atoms with Gasteiger partial charge in [-0.05, 0) is 37.0 Å². The summed E-state index contributed by atoms with van der Waals surface area (Å²) >= 11 is 5.88. The highest BCUT2D eigenvalue weighted by atomic mass is 35.5. The molecule has 1 amide bonds. The van der Waals surface area contributed by atoms with Crippen LogP contribution in [0.3, 0.4) is 0 Å². The molecule has 2 rings (SSSR count). The molecule has 0 saturated carbocycles. The Morgan fingerprint density at radius 2 is 2.35 bits per heavy atom. The van der Waals surface area contributed by atoms with Crippen molar-refractivity contribution < 1.29 is 14.3 Å². The lowest BCUT2D eigenvalue weighted by Gasteiger charge is -2.22. The number of hydrogen-bond acceptors (Lipinski definition) is 3. The van der Waals surface area contributed by atoms with E-state index in [0.29, 0.717) is 18.2 Å². The molecule has 1 heterocycles. The third kappa shape index (κ3) is 5.49. The Hall–Kier alpha value is -1.10. The van der Waals surface area contributed by atoms with Gasteiger partial charge in [-0.15, -0.1) is 0 Å². The predicted molar refractivity (Wildman–Crippen MR) is 77.7 cm³/mol. The Morgan fingerprint density at radius 1 is 1.45 bits per heavy atom. The number of ether oxygens (including phenoxy) is 2. The van der Waals surface area contributed by atoms with Gasteiger partial charge >= 0.3 is 0 Å². The summed E-state index contributed by atoms with van der Waals surface area (Å²) < 4.78 is 10.9. The molecule has 0 aliphatic carbocycles. The van der Waals surface area contributed by atoms with Crippen LogP contribution in [0.1, 0.15) is 24.8 Å². The van der Waals surface area contributed by atoms with Gasteiger partial charge in [0.05, 0.1) is 12.7 Å². The zero-order valence-electron chi connectivity index (χ0n) is 11.4. The first-order valence-electron chi connectivity index (χ1n) is 6.94. The van der Waals surface area contributed by atoms with E-state index < -0.39 is 0 Å². The summed E-state index contributed by atoms with van der Waals surface area (Å²) in [5.74, 6) is -0.124. The normalized spacial score (nSPS) is 18.8. The zero-order chi connectivity index (χ0) is 14.2. The van der Waals surface area contributed by atoms with Crippen molar-refractivity contribution in [1.29, 1.82) is 0 Å². The average Bonchev–Trinajstić information content (AvgIpc) is 2.46. The van der Waals surface area contributed by atoms with Gasteiger partial charge in [0.25, 0.3) is 0 Å². The number of amides is 1. The van der Waals surface area contributed by atoms with Crippen LogP contribution in [0.25, 0.3) is 0 Å². The van der Waals surface area contributed by atoms with E-state index in [1.165, 1.54) is 6.42 Å². The van der Waals surface area contributed by atoms with E-state index in [-0.39, 0.29) is 18.6 Å². The molecule has 0 bridgehead atoms. The molecule has 1 fully saturated rings. The number of benzene rings is 1. The molecule has 1 aromatic carbocycles. The number of carbonyl (C=O) groups excluding carboxylic acids is 1. The van der Waals surface area contributed by atoms with Crippen molar-refractivity contribution in [3.63, 3.8) is 0 Å². The summed E-state index contributed by atoms with van der Waals surface area (Å²) in [5.41, 5.74) is 0.974. The van der Waals surface area contributed by atoms with Crippen LogP contribution < -0.4 is 5.32 Å². The van der Waals surface area contributed by atoms with Crippen molar-refractivity contribution in [2.75, 3.05) is 19.8 Å². The van der Waals surface area contributed by atoms with Crippen LogP contribution in [0, 0.1) is 0 Å². The standard InChI is InChI=1S/C15H20ClNO3/c16-13-5-3-4-12(8-13)9-17-15(18)11-19-10-14-6-1-2-7-20-14/h3-5,8,14H,1-2,6-7,9-11H2,(H,17,18)/t14-/m0/s1. The Kier molecular flexibility index (Phi) is 6.30. The Bertz CT molecular complexity index is 433. The number of hydrogen-bond donors (Lipinski definition) is 1. The minimum absolute atomic E-state index is 0.0699. The molecular weight excluding hydrogens is 278 g/mol. The summed E-state index contributed by atoms with van der Waals surface area (Å²) in [5, 5.41) is 3.47. The summed E-state index contributed by atoms with van der Waals surface area (Å²) in [6.07, 6.45) is 3.46. The predicted octanol–water partition coefficient (Wildman–Crippen LogP) is 2.54. The zero-order valence-corrected chi connectivity index (χ0v) is 12.2. The average molecular weight is 298 g/mol. The van der Waals surface area contributed by atoms with Crippen molar-refractivity contribution >= 4 is 17.5 Å². The maximum Gasteiger partial charge on any atom is 0.246 e. The van der Waals surface area contributed by atoms with Crippen molar-refractivity contribution in [3.8, 4) is 0 Å². The maximum absolute atomic E-state index is 11.6.